The van der Waals surface area contributed by atoms with Crippen molar-refractivity contribution in [2.75, 3.05) is 18.4 Å². The third-order valence-corrected chi connectivity index (χ3v) is 4.03. The third kappa shape index (κ3) is 6.40. The molecule has 0 fully saturated rings. The second-order valence-corrected chi connectivity index (χ2v) is 6.30. The molecule has 2 N–H and O–H groups in total. The van der Waals surface area contributed by atoms with Crippen molar-refractivity contribution in [2.24, 2.45) is 0 Å². The molecule has 0 atom stereocenters. The number of carbonyl (C=O) groups excluding carboxylic acids is 2. The number of benzene rings is 2. The SMILES string of the molecule is CCCN(CCC)C(=O)c1ccc(NC(=O)NCc2ccc(F)cc2)cc1. The van der Waals surface area contributed by atoms with Crippen LogP contribution < -0.4 is 10.6 Å². The van der Waals surface area contributed by atoms with Gasteiger partial charge in [-0.2, -0.15) is 0 Å². The fraction of sp³-hybridized carbons (Fsp3) is 0.333. The highest BCUT2D eigenvalue weighted by Gasteiger charge is 2.14. The number of halogens is 1. The van der Waals surface area contributed by atoms with Gasteiger partial charge in [0.05, 0.1) is 0 Å². The van der Waals surface area contributed by atoms with Gasteiger partial charge in [-0.15, -0.1) is 0 Å². The highest BCUT2D eigenvalue weighted by atomic mass is 19.1. The number of hydrogen-bond donors (Lipinski definition) is 2. The Morgan fingerprint density at radius 2 is 1.52 bits per heavy atom. The number of nitrogens with one attached hydrogen (secondary N) is 2. The zero-order chi connectivity index (χ0) is 19.6. The summed E-state index contributed by atoms with van der Waals surface area (Å²) in [4.78, 5) is 26.4. The number of nitrogens with zero attached hydrogens (tertiary/aromatic N) is 1. The van der Waals surface area contributed by atoms with Crippen molar-refractivity contribution in [3.8, 4) is 0 Å². The maximum atomic E-state index is 12.9. The van der Waals surface area contributed by atoms with E-state index in [2.05, 4.69) is 10.6 Å². The molecule has 0 spiro atoms. The average molecular weight is 371 g/mol. The molecule has 2 aromatic rings. The van der Waals surface area contributed by atoms with Crippen molar-refractivity contribution in [3.63, 3.8) is 0 Å². The van der Waals surface area contributed by atoms with Crippen molar-refractivity contribution in [1.82, 2.24) is 10.2 Å². The molecular formula is C21H26FN3O2. The Morgan fingerprint density at radius 1 is 0.926 bits per heavy atom. The van der Waals surface area contributed by atoms with Crippen LogP contribution in [0.15, 0.2) is 48.5 Å². The van der Waals surface area contributed by atoms with Crippen molar-refractivity contribution in [1.29, 1.82) is 0 Å². The maximum absolute atomic E-state index is 12.9. The first-order chi connectivity index (χ1) is 13.0. The van der Waals surface area contributed by atoms with E-state index < -0.39 is 0 Å². The number of anilines is 1. The number of carbonyl (C=O) groups is 2. The Bertz CT molecular complexity index is 739. The number of amides is 3. The largest absolute Gasteiger partial charge is 0.339 e. The monoisotopic (exact) mass is 371 g/mol. The lowest BCUT2D eigenvalue weighted by Crippen LogP contribution is -2.32. The van der Waals surface area contributed by atoms with Gasteiger partial charge in [0.15, 0.2) is 0 Å². The molecule has 2 rings (SSSR count). The van der Waals surface area contributed by atoms with Crippen LogP contribution in [0.2, 0.25) is 0 Å². The lowest BCUT2D eigenvalue weighted by atomic mass is 10.1. The van der Waals surface area contributed by atoms with Crippen LogP contribution in [0.4, 0.5) is 14.9 Å². The van der Waals surface area contributed by atoms with Crippen LogP contribution in [0, 0.1) is 5.82 Å². The summed E-state index contributed by atoms with van der Waals surface area (Å²) in [5.74, 6) is -0.305. The zero-order valence-electron chi connectivity index (χ0n) is 15.8. The van der Waals surface area contributed by atoms with Crippen LogP contribution in [0.1, 0.15) is 42.6 Å². The standard InChI is InChI=1S/C21H26FN3O2/c1-3-13-25(14-4-2)20(26)17-7-11-19(12-8-17)24-21(27)23-15-16-5-9-18(22)10-6-16/h5-12H,3-4,13-15H2,1-2H3,(H2,23,24,27). The molecule has 0 bridgehead atoms. The second-order valence-electron chi connectivity index (χ2n) is 6.30. The Hall–Kier alpha value is -2.89. The highest BCUT2D eigenvalue weighted by Crippen LogP contribution is 2.12. The third-order valence-electron chi connectivity index (χ3n) is 4.03. The van der Waals surface area contributed by atoms with Gasteiger partial charge in [0.2, 0.25) is 0 Å². The minimum Gasteiger partial charge on any atom is -0.339 e. The van der Waals surface area contributed by atoms with Crippen LogP contribution in [0.5, 0.6) is 0 Å². The summed E-state index contributed by atoms with van der Waals surface area (Å²) in [5.41, 5.74) is 2.01. The minimum absolute atomic E-state index is 0.00557. The Kier molecular flexibility index (Phi) is 7.79. The van der Waals surface area contributed by atoms with Gasteiger partial charge in [-0.05, 0) is 54.8 Å². The summed E-state index contributed by atoms with van der Waals surface area (Å²) in [6.45, 7) is 5.86. The molecule has 2 aromatic carbocycles. The fourth-order valence-corrected chi connectivity index (χ4v) is 2.69. The summed E-state index contributed by atoms with van der Waals surface area (Å²) in [5, 5.41) is 5.43. The van der Waals surface area contributed by atoms with Gasteiger partial charge in [0.1, 0.15) is 5.82 Å². The number of rotatable bonds is 8. The van der Waals surface area contributed by atoms with E-state index in [1.165, 1.54) is 12.1 Å². The first kappa shape index (κ1) is 20.4. The minimum atomic E-state index is -0.364. The van der Waals surface area contributed by atoms with Gasteiger partial charge >= 0.3 is 6.03 Å². The first-order valence-electron chi connectivity index (χ1n) is 9.22. The van der Waals surface area contributed by atoms with Crippen molar-refractivity contribution in [3.05, 3.63) is 65.5 Å². The summed E-state index contributed by atoms with van der Waals surface area (Å²) in [6, 6.07) is 12.4. The molecule has 0 aliphatic rings. The second kappa shape index (κ2) is 10.3. The van der Waals surface area contributed by atoms with Gasteiger partial charge in [0.25, 0.3) is 5.91 Å². The van der Waals surface area contributed by atoms with Gasteiger partial charge in [-0.3, -0.25) is 4.79 Å². The van der Waals surface area contributed by atoms with Crippen LogP contribution in [-0.4, -0.2) is 29.9 Å². The quantitative estimate of drug-likeness (QED) is 0.722. The summed E-state index contributed by atoms with van der Waals surface area (Å²) < 4.78 is 12.9. The molecule has 0 saturated carbocycles. The summed E-state index contributed by atoms with van der Waals surface area (Å²) in [7, 11) is 0. The zero-order valence-corrected chi connectivity index (χ0v) is 15.8. The lowest BCUT2D eigenvalue weighted by molar-refractivity contribution is 0.0755. The molecular weight excluding hydrogens is 345 g/mol. The molecule has 144 valence electrons. The molecule has 0 aliphatic carbocycles. The molecule has 0 aliphatic heterocycles. The predicted octanol–water partition coefficient (Wildman–Crippen LogP) is 4.41. The van der Waals surface area contributed by atoms with Crippen molar-refractivity contribution < 1.29 is 14.0 Å². The molecule has 3 amide bonds. The number of urea groups is 1. The predicted molar refractivity (Wildman–Crippen MR) is 105 cm³/mol. The summed E-state index contributed by atoms with van der Waals surface area (Å²) >= 11 is 0. The molecule has 0 aromatic heterocycles. The topological polar surface area (TPSA) is 61.4 Å². The lowest BCUT2D eigenvalue weighted by Gasteiger charge is -2.21. The van der Waals surface area contributed by atoms with E-state index >= 15 is 0 Å². The van der Waals surface area contributed by atoms with E-state index in [0.717, 1.165) is 31.5 Å². The Balaban J connectivity index is 1.89. The molecule has 6 heteroatoms. The van der Waals surface area contributed by atoms with Crippen LogP contribution in [0.3, 0.4) is 0 Å². The smallest absolute Gasteiger partial charge is 0.319 e. The molecule has 0 saturated heterocycles. The van der Waals surface area contributed by atoms with E-state index in [9.17, 15) is 14.0 Å². The van der Waals surface area contributed by atoms with Crippen LogP contribution in [0.25, 0.3) is 0 Å². The van der Waals surface area contributed by atoms with Gasteiger partial charge in [-0.25, -0.2) is 9.18 Å². The fourth-order valence-electron chi connectivity index (χ4n) is 2.69. The molecule has 0 radical (unpaired) electrons. The maximum Gasteiger partial charge on any atom is 0.319 e. The van der Waals surface area contributed by atoms with Crippen LogP contribution >= 0.6 is 0 Å². The molecule has 5 nitrogen and oxygen atoms in total. The normalized spacial score (nSPS) is 10.3. The molecule has 27 heavy (non-hydrogen) atoms. The van der Waals surface area contributed by atoms with Gasteiger partial charge < -0.3 is 15.5 Å². The number of hydrogen-bond acceptors (Lipinski definition) is 2. The van der Waals surface area contributed by atoms with Gasteiger partial charge in [-0.1, -0.05) is 26.0 Å². The van der Waals surface area contributed by atoms with Gasteiger partial charge in [0, 0.05) is 30.9 Å². The highest BCUT2D eigenvalue weighted by molar-refractivity contribution is 5.95. The molecule has 0 heterocycles. The van der Waals surface area contributed by atoms with E-state index in [-0.39, 0.29) is 17.8 Å². The average Bonchev–Trinajstić information content (AvgIpc) is 2.67. The van der Waals surface area contributed by atoms with Crippen LogP contribution in [-0.2, 0) is 6.54 Å². The van der Waals surface area contributed by atoms with Crippen molar-refractivity contribution >= 4 is 17.6 Å². The van der Waals surface area contributed by atoms with E-state index in [4.69, 9.17) is 0 Å². The molecule has 0 unspecified atom stereocenters. The Morgan fingerprint density at radius 3 is 2.07 bits per heavy atom. The van der Waals surface area contributed by atoms with Crippen molar-refractivity contribution in [2.45, 2.75) is 33.2 Å². The first-order valence-corrected chi connectivity index (χ1v) is 9.22. The van der Waals surface area contributed by atoms with E-state index in [1.807, 2.05) is 18.7 Å². The summed E-state index contributed by atoms with van der Waals surface area (Å²) in [6.07, 6.45) is 1.83. The van der Waals surface area contributed by atoms with E-state index in [0.29, 0.717) is 17.8 Å². The van der Waals surface area contributed by atoms with E-state index in [1.54, 1.807) is 36.4 Å². The Labute approximate surface area is 159 Å².